The minimum absolute atomic E-state index is 0.0399. The predicted molar refractivity (Wildman–Crippen MR) is 99.8 cm³/mol. The Balaban J connectivity index is 2.16. The summed E-state index contributed by atoms with van der Waals surface area (Å²) < 4.78 is 10.5. The van der Waals surface area contributed by atoms with Gasteiger partial charge in [-0.05, 0) is 37.9 Å². The first-order valence-electron chi connectivity index (χ1n) is 7.89. The molecule has 0 aliphatic carbocycles. The Morgan fingerprint density at radius 3 is 2.48 bits per heavy atom. The van der Waals surface area contributed by atoms with Crippen molar-refractivity contribution in [1.29, 1.82) is 0 Å². The molecule has 0 spiro atoms. The molecule has 0 radical (unpaired) electrons. The van der Waals surface area contributed by atoms with Crippen LogP contribution in [0.2, 0.25) is 5.02 Å². The fourth-order valence-electron chi connectivity index (χ4n) is 2.59. The van der Waals surface area contributed by atoms with E-state index in [1.54, 1.807) is 25.3 Å². The molecular weight excluding hydrogens is 340 g/mol. The van der Waals surface area contributed by atoms with E-state index >= 15 is 0 Å². The van der Waals surface area contributed by atoms with Gasteiger partial charge in [-0.25, -0.2) is 0 Å². The van der Waals surface area contributed by atoms with E-state index in [-0.39, 0.29) is 11.9 Å². The normalized spacial score (nSPS) is 11.9. The third kappa shape index (κ3) is 4.65. The highest BCUT2D eigenvalue weighted by Crippen LogP contribution is 2.27. The third-order valence-corrected chi connectivity index (χ3v) is 4.34. The van der Waals surface area contributed by atoms with Crippen molar-refractivity contribution >= 4 is 17.5 Å². The molecule has 0 saturated carbocycles. The Hall–Kier alpha value is -2.24. The molecule has 0 unspecified atom stereocenters. The van der Waals surface area contributed by atoms with Crippen molar-refractivity contribution in [3.63, 3.8) is 0 Å². The molecule has 0 aliphatic heterocycles. The second-order valence-electron chi connectivity index (χ2n) is 5.78. The van der Waals surface area contributed by atoms with Gasteiger partial charge in [0.2, 0.25) is 0 Å². The first-order chi connectivity index (χ1) is 12.0. The molecule has 134 valence electrons. The lowest BCUT2D eigenvalue weighted by atomic mass is 10.1. The third-order valence-electron chi connectivity index (χ3n) is 4.00. The number of nitrogens with one attached hydrogen (secondary N) is 1. The Kier molecular flexibility index (Phi) is 6.67. The zero-order valence-electron chi connectivity index (χ0n) is 14.9. The van der Waals surface area contributed by atoms with Gasteiger partial charge in [-0.2, -0.15) is 0 Å². The second kappa shape index (κ2) is 8.74. The van der Waals surface area contributed by atoms with Crippen LogP contribution in [-0.2, 0) is 0 Å². The van der Waals surface area contributed by atoms with Crippen molar-refractivity contribution in [3.8, 4) is 11.5 Å². The van der Waals surface area contributed by atoms with Gasteiger partial charge in [0.25, 0.3) is 5.91 Å². The Bertz CT molecular complexity index is 734. The van der Waals surface area contributed by atoms with E-state index < -0.39 is 0 Å². The molecule has 2 aromatic carbocycles. The van der Waals surface area contributed by atoms with E-state index in [2.05, 4.69) is 5.32 Å². The molecule has 25 heavy (non-hydrogen) atoms. The first-order valence-corrected chi connectivity index (χ1v) is 8.26. The van der Waals surface area contributed by atoms with Crippen LogP contribution in [0.3, 0.4) is 0 Å². The molecule has 0 saturated heterocycles. The standard InChI is InChI=1S/C19H23ClN2O3/c1-22(2)17(14-7-5-6-8-16(14)20)12-21-19(23)15-10-9-13(24-3)11-18(15)25-4/h5-11,17H,12H2,1-4H3,(H,21,23)/t17-/m0/s1. The molecule has 0 heterocycles. The minimum atomic E-state index is -0.210. The van der Waals surface area contributed by atoms with Gasteiger partial charge in [-0.15, -0.1) is 0 Å². The maximum Gasteiger partial charge on any atom is 0.255 e. The summed E-state index contributed by atoms with van der Waals surface area (Å²) in [7, 11) is 7.00. The van der Waals surface area contributed by atoms with Gasteiger partial charge < -0.3 is 19.7 Å². The van der Waals surface area contributed by atoms with Crippen LogP contribution < -0.4 is 14.8 Å². The number of halogens is 1. The summed E-state index contributed by atoms with van der Waals surface area (Å²) in [6, 6.07) is 12.7. The number of rotatable bonds is 7. The number of methoxy groups -OCH3 is 2. The van der Waals surface area contributed by atoms with E-state index in [4.69, 9.17) is 21.1 Å². The summed E-state index contributed by atoms with van der Waals surface area (Å²) in [5.41, 5.74) is 1.43. The minimum Gasteiger partial charge on any atom is -0.497 e. The molecule has 0 aromatic heterocycles. The zero-order valence-corrected chi connectivity index (χ0v) is 15.6. The summed E-state index contributed by atoms with van der Waals surface area (Å²) in [5.74, 6) is 0.894. The van der Waals surface area contributed by atoms with Crippen LogP contribution in [0.1, 0.15) is 22.0 Å². The van der Waals surface area contributed by atoms with Gasteiger partial charge in [-0.1, -0.05) is 29.8 Å². The van der Waals surface area contributed by atoms with Crippen molar-refractivity contribution in [2.24, 2.45) is 0 Å². The molecule has 2 rings (SSSR count). The lowest BCUT2D eigenvalue weighted by Crippen LogP contribution is -2.34. The fourth-order valence-corrected chi connectivity index (χ4v) is 2.85. The number of hydrogen-bond donors (Lipinski definition) is 1. The van der Waals surface area contributed by atoms with Crippen LogP contribution in [0.5, 0.6) is 11.5 Å². The maximum absolute atomic E-state index is 12.6. The van der Waals surface area contributed by atoms with Crippen molar-refractivity contribution in [2.75, 3.05) is 34.9 Å². The predicted octanol–water partition coefficient (Wildman–Crippen LogP) is 3.39. The SMILES string of the molecule is COc1ccc(C(=O)NC[C@@H](c2ccccc2Cl)N(C)C)c(OC)c1. The van der Waals surface area contributed by atoms with Gasteiger partial charge in [0.1, 0.15) is 11.5 Å². The van der Waals surface area contributed by atoms with Crippen molar-refractivity contribution < 1.29 is 14.3 Å². The van der Waals surface area contributed by atoms with Crippen LogP contribution >= 0.6 is 11.6 Å². The number of carbonyl (C=O) groups excluding carboxylic acids is 1. The van der Waals surface area contributed by atoms with E-state index in [1.807, 2.05) is 43.3 Å². The molecule has 6 heteroatoms. The molecule has 0 aliphatic rings. The van der Waals surface area contributed by atoms with Crippen LogP contribution in [0, 0.1) is 0 Å². The highest BCUT2D eigenvalue weighted by molar-refractivity contribution is 6.31. The average Bonchev–Trinajstić information content (AvgIpc) is 2.62. The quantitative estimate of drug-likeness (QED) is 0.820. The smallest absolute Gasteiger partial charge is 0.255 e. The van der Waals surface area contributed by atoms with Gasteiger partial charge >= 0.3 is 0 Å². The van der Waals surface area contributed by atoms with Gasteiger partial charge in [0.05, 0.1) is 25.8 Å². The number of ether oxygens (including phenoxy) is 2. The maximum atomic E-state index is 12.6. The van der Waals surface area contributed by atoms with Gasteiger partial charge in [-0.3, -0.25) is 4.79 Å². The highest BCUT2D eigenvalue weighted by atomic mass is 35.5. The van der Waals surface area contributed by atoms with Crippen molar-refractivity contribution in [3.05, 3.63) is 58.6 Å². The number of benzene rings is 2. The van der Waals surface area contributed by atoms with Crippen LogP contribution in [0.4, 0.5) is 0 Å². The molecule has 0 fully saturated rings. The van der Waals surface area contributed by atoms with Crippen LogP contribution in [-0.4, -0.2) is 45.7 Å². The molecule has 5 nitrogen and oxygen atoms in total. The zero-order chi connectivity index (χ0) is 18.4. The van der Waals surface area contributed by atoms with Crippen LogP contribution in [0.15, 0.2) is 42.5 Å². The summed E-state index contributed by atoms with van der Waals surface area (Å²) in [4.78, 5) is 14.6. The monoisotopic (exact) mass is 362 g/mol. The molecular formula is C19H23ClN2O3. The Morgan fingerprint density at radius 1 is 1.16 bits per heavy atom. The van der Waals surface area contributed by atoms with Crippen molar-refractivity contribution in [1.82, 2.24) is 10.2 Å². The average molecular weight is 363 g/mol. The Morgan fingerprint density at radius 2 is 1.88 bits per heavy atom. The topological polar surface area (TPSA) is 50.8 Å². The number of likely N-dealkylation sites (N-methyl/N-ethyl adjacent to an activating group) is 1. The lowest BCUT2D eigenvalue weighted by Gasteiger charge is -2.26. The summed E-state index contributed by atoms with van der Waals surface area (Å²) in [5, 5.41) is 3.64. The Labute approximate surface area is 153 Å². The van der Waals surface area contributed by atoms with E-state index in [0.717, 1.165) is 5.56 Å². The number of amides is 1. The molecule has 1 N–H and O–H groups in total. The van der Waals surface area contributed by atoms with E-state index in [1.165, 1.54) is 7.11 Å². The van der Waals surface area contributed by atoms with Crippen LogP contribution in [0.25, 0.3) is 0 Å². The molecule has 1 amide bonds. The molecule has 2 aromatic rings. The number of hydrogen-bond acceptors (Lipinski definition) is 4. The second-order valence-corrected chi connectivity index (χ2v) is 6.18. The summed E-state index contributed by atoms with van der Waals surface area (Å²) in [6.07, 6.45) is 0. The van der Waals surface area contributed by atoms with Gasteiger partial charge in [0, 0.05) is 17.6 Å². The first kappa shape index (κ1) is 19.1. The van der Waals surface area contributed by atoms with E-state index in [0.29, 0.717) is 28.6 Å². The summed E-state index contributed by atoms with van der Waals surface area (Å²) in [6.45, 7) is 0.421. The number of nitrogens with zero attached hydrogens (tertiary/aromatic N) is 1. The molecule has 1 atom stereocenters. The fraction of sp³-hybridized carbons (Fsp3) is 0.316. The van der Waals surface area contributed by atoms with E-state index in [9.17, 15) is 4.79 Å². The van der Waals surface area contributed by atoms with Gasteiger partial charge in [0.15, 0.2) is 0 Å². The lowest BCUT2D eigenvalue weighted by molar-refractivity contribution is 0.0939. The largest absolute Gasteiger partial charge is 0.497 e. The highest BCUT2D eigenvalue weighted by Gasteiger charge is 2.19. The summed E-state index contributed by atoms with van der Waals surface area (Å²) >= 11 is 6.30. The molecule has 0 bridgehead atoms. The van der Waals surface area contributed by atoms with Crippen molar-refractivity contribution in [2.45, 2.75) is 6.04 Å². The number of carbonyl (C=O) groups is 1.